The Kier molecular flexibility index (Phi) is 3.90. The summed E-state index contributed by atoms with van der Waals surface area (Å²) in [5.74, 6) is 0.190. The van der Waals surface area contributed by atoms with E-state index in [2.05, 4.69) is 14.8 Å². The Morgan fingerprint density at radius 3 is 2.43 bits per heavy atom. The smallest absolute Gasteiger partial charge is 0.228 e. The molecule has 0 aliphatic carbocycles. The van der Waals surface area contributed by atoms with Crippen molar-refractivity contribution in [1.29, 1.82) is 0 Å². The Hall–Kier alpha value is -1.59. The highest BCUT2D eigenvalue weighted by molar-refractivity contribution is 5.96. The molecule has 14 heavy (non-hydrogen) atoms. The van der Waals surface area contributed by atoms with Gasteiger partial charge in [0.05, 0.1) is 7.11 Å². The third kappa shape index (κ3) is 2.45. The normalized spacial score (nSPS) is 11.2. The van der Waals surface area contributed by atoms with Crippen LogP contribution in [0.5, 0.6) is 0 Å². The van der Waals surface area contributed by atoms with Crippen LogP contribution in [0.4, 0.5) is 0 Å². The van der Waals surface area contributed by atoms with Crippen molar-refractivity contribution in [3.63, 3.8) is 0 Å². The van der Waals surface area contributed by atoms with Gasteiger partial charge in [-0.2, -0.15) is 0 Å². The summed E-state index contributed by atoms with van der Waals surface area (Å²) in [7, 11) is 2.72. The summed E-state index contributed by atoms with van der Waals surface area (Å²) >= 11 is 0. The van der Waals surface area contributed by atoms with Crippen molar-refractivity contribution >= 4 is 5.84 Å². The molecule has 5 nitrogen and oxygen atoms in total. The number of nitrogens with zero attached hydrogens (tertiary/aromatic N) is 2. The second-order valence-corrected chi connectivity index (χ2v) is 2.42. The van der Waals surface area contributed by atoms with Gasteiger partial charge in [0.2, 0.25) is 5.84 Å². The molecule has 1 N–H and O–H groups in total. The molecule has 0 saturated heterocycles. The van der Waals surface area contributed by atoms with Gasteiger partial charge in [-0.15, -0.1) is 5.23 Å². The van der Waals surface area contributed by atoms with E-state index >= 15 is 0 Å². The maximum Gasteiger partial charge on any atom is 0.228 e. The lowest BCUT2D eigenvalue weighted by atomic mass is 10.2. The second kappa shape index (κ2) is 5.21. The van der Waals surface area contributed by atoms with Crippen LogP contribution in [-0.2, 0) is 9.68 Å². The molecule has 0 radical (unpaired) electrons. The molecule has 0 atom stereocenters. The molecular weight excluding hydrogens is 184 g/mol. The van der Waals surface area contributed by atoms with Crippen LogP contribution in [0.25, 0.3) is 0 Å². The SMILES string of the molecule is CON=C(c1ccccc1)N(O)OC. The summed E-state index contributed by atoms with van der Waals surface area (Å²) in [5, 5.41) is 13.5. The van der Waals surface area contributed by atoms with Crippen molar-refractivity contribution in [3.05, 3.63) is 35.9 Å². The molecule has 0 aromatic heterocycles. The summed E-state index contributed by atoms with van der Waals surface area (Å²) < 4.78 is 0. The molecule has 0 spiro atoms. The number of hydroxylamine groups is 2. The van der Waals surface area contributed by atoms with Crippen LogP contribution in [0, 0.1) is 0 Å². The van der Waals surface area contributed by atoms with Crippen LogP contribution in [-0.4, -0.2) is 30.5 Å². The van der Waals surface area contributed by atoms with Gasteiger partial charge in [-0.05, 0) is 0 Å². The van der Waals surface area contributed by atoms with E-state index in [0.29, 0.717) is 10.8 Å². The lowest BCUT2D eigenvalue weighted by molar-refractivity contribution is -0.267. The van der Waals surface area contributed by atoms with E-state index in [0.717, 1.165) is 0 Å². The maximum atomic E-state index is 9.30. The Bertz CT molecular complexity index is 300. The molecule has 5 heteroatoms. The Morgan fingerprint density at radius 1 is 1.29 bits per heavy atom. The van der Waals surface area contributed by atoms with Gasteiger partial charge in [0.15, 0.2) is 0 Å². The molecule has 0 amide bonds. The van der Waals surface area contributed by atoms with Crippen LogP contribution in [0.15, 0.2) is 35.5 Å². The van der Waals surface area contributed by atoms with Crippen LogP contribution < -0.4 is 0 Å². The molecule has 0 aliphatic rings. The summed E-state index contributed by atoms with van der Waals surface area (Å²) in [6.45, 7) is 0. The van der Waals surface area contributed by atoms with E-state index in [9.17, 15) is 5.21 Å². The largest absolute Gasteiger partial charge is 0.397 e. The average Bonchev–Trinajstić information content (AvgIpc) is 2.26. The zero-order valence-corrected chi connectivity index (χ0v) is 8.04. The first-order valence-corrected chi connectivity index (χ1v) is 3.99. The fraction of sp³-hybridized carbons (Fsp3) is 0.222. The van der Waals surface area contributed by atoms with Gasteiger partial charge in [-0.1, -0.05) is 35.5 Å². The van der Waals surface area contributed by atoms with E-state index in [-0.39, 0.29) is 5.84 Å². The van der Waals surface area contributed by atoms with E-state index in [1.807, 2.05) is 18.2 Å². The molecule has 1 aromatic rings. The van der Waals surface area contributed by atoms with Crippen molar-refractivity contribution in [2.75, 3.05) is 14.2 Å². The Morgan fingerprint density at radius 2 is 1.93 bits per heavy atom. The van der Waals surface area contributed by atoms with E-state index in [1.165, 1.54) is 14.2 Å². The van der Waals surface area contributed by atoms with E-state index < -0.39 is 0 Å². The zero-order chi connectivity index (χ0) is 10.4. The van der Waals surface area contributed by atoms with Gasteiger partial charge in [0, 0.05) is 5.56 Å². The molecule has 1 aromatic carbocycles. The lowest BCUT2D eigenvalue weighted by Crippen LogP contribution is -2.27. The predicted octanol–water partition coefficient (Wildman–Crippen LogP) is 1.25. The maximum absolute atomic E-state index is 9.30. The van der Waals surface area contributed by atoms with Crippen molar-refractivity contribution in [3.8, 4) is 0 Å². The molecule has 0 bridgehead atoms. The first-order chi connectivity index (χ1) is 6.79. The zero-order valence-electron chi connectivity index (χ0n) is 8.04. The van der Waals surface area contributed by atoms with Gasteiger partial charge in [0.25, 0.3) is 0 Å². The van der Waals surface area contributed by atoms with Crippen LogP contribution >= 0.6 is 0 Å². The Balaban J connectivity index is 2.95. The molecule has 0 saturated carbocycles. The van der Waals surface area contributed by atoms with Gasteiger partial charge in [-0.3, -0.25) is 10.0 Å². The average molecular weight is 196 g/mol. The van der Waals surface area contributed by atoms with Crippen LogP contribution in [0.3, 0.4) is 0 Å². The van der Waals surface area contributed by atoms with Gasteiger partial charge >= 0.3 is 0 Å². The van der Waals surface area contributed by atoms with Gasteiger partial charge in [0.1, 0.15) is 7.11 Å². The highest BCUT2D eigenvalue weighted by Gasteiger charge is 2.11. The fourth-order valence-electron chi connectivity index (χ4n) is 0.958. The molecule has 0 fully saturated rings. The first-order valence-electron chi connectivity index (χ1n) is 3.99. The second-order valence-electron chi connectivity index (χ2n) is 2.42. The lowest BCUT2D eigenvalue weighted by Gasteiger charge is -2.14. The van der Waals surface area contributed by atoms with Crippen molar-refractivity contribution in [2.24, 2.45) is 5.16 Å². The summed E-state index contributed by atoms with van der Waals surface area (Å²) in [5.41, 5.74) is 0.693. The summed E-state index contributed by atoms with van der Waals surface area (Å²) in [4.78, 5) is 9.19. The minimum atomic E-state index is 0.190. The number of benzene rings is 1. The number of hydrogen-bond acceptors (Lipinski definition) is 4. The first kappa shape index (κ1) is 10.5. The quantitative estimate of drug-likeness (QED) is 0.449. The third-order valence-electron chi connectivity index (χ3n) is 1.56. The van der Waals surface area contributed by atoms with Crippen molar-refractivity contribution in [1.82, 2.24) is 5.23 Å². The van der Waals surface area contributed by atoms with Gasteiger partial charge in [-0.25, -0.2) is 0 Å². The molecule has 0 unspecified atom stereocenters. The minimum Gasteiger partial charge on any atom is -0.397 e. The van der Waals surface area contributed by atoms with Crippen LogP contribution in [0.1, 0.15) is 5.56 Å². The highest BCUT2D eigenvalue weighted by atomic mass is 16.9. The number of oxime groups is 1. The topological polar surface area (TPSA) is 54.3 Å². The molecule has 0 heterocycles. The summed E-state index contributed by atoms with van der Waals surface area (Å²) in [6.07, 6.45) is 0. The molecular formula is C9H12N2O3. The minimum absolute atomic E-state index is 0.190. The third-order valence-corrected chi connectivity index (χ3v) is 1.56. The number of rotatable bonds is 3. The molecule has 1 rings (SSSR count). The number of amidine groups is 1. The summed E-state index contributed by atoms with van der Waals surface area (Å²) in [6, 6.07) is 9.07. The monoisotopic (exact) mass is 196 g/mol. The van der Waals surface area contributed by atoms with Crippen molar-refractivity contribution < 1.29 is 14.9 Å². The standard InChI is InChI=1S/C9H12N2O3/c1-13-10-9(11(12)14-2)8-6-4-3-5-7-8/h3-7,12H,1-2H3. The molecule has 0 aliphatic heterocycles. The van der Waals surface area contributed by atoms with E-state index in [1.54, 1.807) is 12.1 Å². The fourth-order valence-corrected chi connectivity index (χ4v) is 0.958. The van der Waals surface area contributed by atoms with Gasteiger partial charge < -0.3 is 4.84 Å². The van der Waals surface area contributed by atoms with Crippen LogP contribution in [0.2, 0.25) is 0 Å². The molecule has 76 valence electrons. The number of hydrogen-bond donors (Lipinski definition) is 1. The highest BCUT2D eigenvalue weighted by Crippen LogP contribution is 2.04. The predicted molar refractivity (Wildman–Crippen MR) is 50.6 cm³/mol. The van der Waals surface area contributed by atoms with Crippen molar-refractivity contribution in [2.45, 2.75) is 0 Å². The Labute approximate surface area is 82.1 Å². The van der Waals surface area contributed by atoms with E-state index in [4.69, 9.17) is 0 Å².